The van der Waals surface area contributed by atoms with Crippen molar-refractivity contribution in [3.63, 3.8) is 0 Å². The molecule has 2 rings (SSSR count). The maximum absolute atomic E-state index is 5.71. The predicted molar refractivity (Wildman–Crippen MR) is 69.9 cm³/mol. The summed E-state index contributed by atoms with van der Waals surface area (Å²) < 4.78 is 16.8. The van der Waals surface area contributed by atoms with Crippen LogP contribution in [0.1, 0.15) is 24.3 Å². The van der Waals surface area contributed by atoms with Crippen molar-refractivity contribution in [2.45, 2.75) is 25.7 Å². The van der Waals surface area contributed by atoms with E-state index in [2.05, 4.69) is 18.3 Å². The van der Waals surface area contributed by atoms with Crippen LogP contribution in [0, 0.1) is 0 Å². The topological polar surface area (TPSA) is 39.7 Å². The molecule has 0 aromatic heterocycles. The number of hydrogen-bond donors (Lipinski definition) is 1. The lowest BCUT2D eigenvalue weighted by atomic mass is 10.1. The third-order valence-electron chi connectivity index (χ3n) is 3.26. The fourth-order valence-electron chi connectivity index (χ4n) is 2.08. The second-order valence-electron chi connectivity index (χ2n) is 4.41. The average Bonchev–Trinajstić information content (AvgIpc) is 2.46. The van der Waals surface area contributed by atoms with Crippen LogP contribution in [0.25, 0.3) is 0 Å². The summed E-state index contributed by atoms with van der Waals surface area (Å²) in [6.45, 7) is 3.46. The molecule has 1 heterocycles. The number of methoxy groups -OCH3 is 1. The standard InChI is InChI=1S/C14H21NO3/c1-4-10-7-11(5-6-13(10)16-3)14-17-8-12(15-2)9-18-14/h5-7,12,14-15H,4,8-9H2,1-3H3. The maximum atomic E-state index is 5.71. The van der Waals surface area contributed by atoms with Crippen molar-refractivity contribution in [1.29, 1.82) is 0 Å². The van der Waals surface area contributed by atoms with Crippen LogP contribution in [0.5, 0.6) is 5.75 Å². The van der Waals surface area contributed by atoms with Crippen LogP contribution >= 0.6 is 0 Å². The van der Waals surface area contributed by atoms with Gasteiger partial charge < -0.3 is 19.5 Å². The first-order valence-electron chi connectivity index (χ1n) is 6.35. The van der Waals surface area contributed by atoms with Gasteiger partial charge in [0.2, 0.25) is 0 Å². The van der Waals surface area contributed by atoms with Crippen molar-refractivity contribution in [2.75, 3.05) is 27.4 Å². The summed E-state index contributed by atoms with van der Waals surface area (Å²) >= 11 is 0. The summed E-state index contributed by atoms with van der Waals surface area (Å²) in [6, 6.07) is 6.36. The maximum Gasteiger partial charge on any atom is 0.183 e. The van der Waals surface area contributed by atoms with Gasteiger partial charge in [-0.1, -0.05) is 13.0 Å². The van der Waals surface area contributed by atoms with Gasteiger partial charge >= 0.3 is 0 Å². The lowest BCUT2D eigenvalue weighted by Gasteiger charge is -2.29. The molecule has 0 atom stereocenters. The average molecular weight is 251 g/mol. The van der Waals surface area contributed by atoms with Gasteiger partial charge in [-0.3, -0.25) is 0 Å². The second-order valence-corrected chi connectivity index (χ2v) is 4.41. The Kier molecular flexibility index (Phi) is 4.58. The lowest BCUT2D eigenvalue weighted by Crippen LogP contribution is -2.40. The molecular formula is C14H21NO3. The van der Waals surface area contributed by atoms with E-state index in [1.807, 2.05) is 19.2 Å². The van der Waals surface area contributed by atoms with Crippen LogP contribution in [0.3, 0.4) is 0 Å². The number of ether oxygens (including phenoxy) is 3. The van der Waals surface area contributed by atoms with Crippen molar-refractivity contribution in [3.8, 4) is 5.75 Å². The molecular weight excluding hydrogens is 230 g/mol. The molecule has 0 bridgehead atoms. The third-order valence-corrected chi connectivity index (χ3v) is 3.26. The van der Waals surface area contributed by atoms with E-state index in [0.29, 0.717) is 13.2 Å². The van der Waals surface area contributed by atoms with Crippen molar-refractivity contribution in [1.82, 2.24) is 5.32 Å². The van der Waals surface area contributed by atoms with E-state index in [9.17, 15) is 0 Å². The van der Waals surface area contributed by atoms with E-state index in [1.165, 1.54) is 5.56 Å². The highest BCUT2D eigenvalue weighted by Gasteiger charge is 2.22. The molecule has 1 saturated heterocycles. The zero-order chi connectivity index (χ0) is 13.0. The predicted octanol–water partition coefficient (Wildman–Crippen LogP) is 1.89. The summed E-state index contributed by atoms with van der Waals surface area (Å²) in [5.41, 5.74) is 2.24. The number of likely N-dealkylation sites (N-methyl/N-ethyl adjacent to an activating group) is 1. The fourth-order valence-corrected chi connectivity index (χ4v) is 2.08. The first kappa shape index (κ1) is 13.3. The SMILES string of the molecule is CCc1cc(C2OCC(NC)CO2)ccc1OC. The van der Waals surface area contributed by atoms with Crippen molar-refractivity contribution in [3.05, 3.63) is 29.3 Å². The molecule has 4 nitrogen and oxygen atoms in total. The van der Waals surface area contributed by atoms with Crippen LogP contribution in [-0.4, -0.2) is 33.4 Å². The first-order chi connectivity index (χ1) is 8.78. The van der Waals surface area contributed by atoms with Gasteiger partial charge in [0.1, 0.15) is 5.75 Å². The Labute approximate surface area is 108 Å². The number of benzene rings is 1. The van der Waals surface area contributed by atoms with Crippen LogP contribution in [0.2, 0.25) is 0 Å². The molecule has 1 fully saturated rings. The molecule has 1 aromatic carbocycles. The Morgan fingerprint density at radius 3 is 2.61 bits per heavy atom. The van der Waals surface area contributed by atoms with Crippen molar-refractivity contribution in [2.24, 2.45) is 0 Å². The van der Waals surface area contributed by atoms with E-state index < -0.39 is 0 Å². The van der Waals surface area contributed by atoms with E-state index in [4.69, 9.17) is 14.2 Å². The normalized spacial score (nSPS) is 23.9. The van der Waals surface area contributed by atoms with Gasteiger partial charge in [0.25, 0.3) is 0 Å². The Hall–Kier alpha value is -1.10. The van der Waals surface area contributed by atoms with Crippen LogP contribution in [0.15, 0.2) is 18.2 Å². The van der Waals surface area contributed by atoms with Crippen LogP contribution in [-0.2, 0) is 15.9 Å². The zero-order valence-electron chi connectivity index (χ0n) is 11.2. The quantitative estimate of drug-likeness (QED) is 0.887. The molecule has 0 spiro atoms. The highest BCUT2D eigenvalue weighted by molar-refractivity contribution is 5.37. The molecule has 4 heteroatoms. The van der Waals surface area contributed by atoms with Gasteiger partial charge in [-0.2, -0.15) is 0 Å². The van der Waals surface area contributed by atoms with Gasteiger partial charge in [-0.05, 0) is 31.2 Å². The van der Waals surface area contributed by atoms with Crippen LogP contribution in [0.4, 0.5) is 0 Å². The monoisotopic (exact) mass is 251 g/mol. The molecule has 0 aliphatic carbocycles. The van der Waals surface area contributed by atoms with Gasteiger partial charge in [0.05, 0.1) is 26.4 Å². The third kappa shape index (κ3) is 2.83. The zero-order valence-corrected chi connectivity index (χ0v) is 11.2. The Morgan fingerprint density at radius 1 is 1.33 bits per heavy atom. The minimum Gasteiger partial charge on any atom is -0.496 e. The highest BCUT2D eigenvalue weighted by atomic mass is 16.7. The highest BCUT2D eigenvalue weighted by Crippen LogP contribution is 2.28. The minimum absolute atomic E-state index is 0.259. The van der Waals surface area contributed by atoms with Gasteiger partial charge in [-0.15, -0.1) is 0 Å². The van der Waals surface area contributed by atoms with Gasteiger partial charge in [0.15, 0.2) is 6.29 Å². The Balaban J connectivity index is 2.09. The van der Waals surface area contributed by atoms with E-state index in [1.54, 1.807) is 7.11 Å². The largest absolute Gasteiger partial charge is 0.496 e. The van der Waals surface area contributed by atoms with Crippen molar-refractivity contribution < 1.29 is 14.2 Å². The first-order valence-corrected chi connectivity index (χ1v) is 6.35. The summed E-state index contributed by atoms with van der Waals surface area (Å²) in [4.78, 5) is 0. The van der Waals surface area contributed by atoms with E-state index in [0.717, 1.165) is 17.7 Å². The molecule has 18 heavy (non-hydrogen) atoms. The van der Waals surface area contributed by atoms with Crippen LogP contribution < -0.4 is 10.1 Å². The number of hydrogen-bond acceptors (Lipinski definition) is 4. The number of nitrogens with one attached hydrogen (secondary N) is 1. The molecule has 0 unspecified atom stereocenters. The summed E-state index contributed by atoms with van der Waals surface area (Å²) in [6.07, 6.45) is 0.675. The summed E-state index contributed by atoms with van der Waals surface area (Å²) in [5, 5.41) is 3.15. The molecule has 100 valence electrons. The molecule has 0 radical (unpaired) electrons. The van der Waals surface area contributed by atoms with Gasteiger partial charge in [-0.25, -0.2) is 0 Å². The van der Waals surface area contributed by atoms with Crippen molar-refractivity contribution >= 4 is 0 Å². The number of aryl methyl sites for hydroxylation is 1. The fraction of sp³-hybridized carbons (Fsp3) is 0.571. The summed E-state index contributed by atoms with van der Waals surface area (Å²) in [5.74, 6) is 0.921. The molecule has 1 aliphatic heterocycles. The molecule has 0 saturated carbocycles. The Bertz CT molecular complexity index is 387. The molecule has 0 amide bonds. The Morgan fingerprint density at radius 2 is 2.06 bits per heavy atom. The van der Waals surface area contributed by atoms with E-state index >= 15 is 0 Å². The minimum atomic E-state index is -0.259. The second kappa shape index (κ2) is 6.18. The lowest BCUT2D eigenvalue weighted by molar-refractivity contribution is -0.193. The molecule has 1 N–H and O–H groups in total. The van der Waals surface area contributed by atoms with E-state index in [-0.39, 0.29) is 12.3 Å². The molecule has 1 aromatic rings. The summed E-state index contributed by atoms with van der Waals surface area (Å²) in [7, 11) is 3.61. The molecule has 1 aliphatic rings. The van der Waals surface area contributed by atoms with Gasteiger partial charge in [0, 0.05) is 5.56 Å². The number of rotatable bonds is 4. The smallest absolute Gasteiger partial charge is 0.183 e.